The SMILES string of the molecule is CC(C)(C)OC(=O)Nc1ccccc1NC(=O)c1ccc(CN(CCN2CCOCC2)C(=O)Nc2ccc(F)c(F)c2)cc1. The third kappa shape index (κ3) is 9.75. The van der Waals surface area contributed by atoms with Gasteiger partial charge in [-0.05, 0) is 62.7 Å². The van der Waals surface area contributed by atoms with Crippen LogP contribution < -0.4 is 16.0 Å². The summed E-state index contributed by atoms with van der Waals surface area (Å²) in [6, 6.07) is 16.3. The Bertz CT molecular complexity index is 1460. The molecule has 3 aromatic carbocycles. The zero-order valence-electron chi connectivity index (χ0n) is 25.0. The van der Waals surface area contributed by atoms with Crippen LogP contribution in [-0.2, 0) is 16.0 Å². The number of rotatable bonds is 9. The van der Waals surface area contributed by atoms with E-state index in [9.17, 15) is 23.2 Å². The number of anilines is 3. The fourth-order valence-electron chi connectivity index (χ4n) is 4.41. The molecule has 4 rings (SSSR count). The molecule has 3 aromatic rings. The van der Waals surface area contributed by atoms with Gasteiger partial charge in [0.2, 0.25) is 0 Å². The molecule has 12 heteroatoms. The number of hydrogen-bond donors (Lipinski definition) is 3. The molecule has 44 heavy (non-hydrogen) atoms. The van der Waals surface area contributed by atoms with Crippen molar-refractivity contribution in [1.29, 1.82) is 0 Å². The van der Waals surface area contributed by atoms with Crippen LogP contribution in [0.4, 0.5) is 35.4 Å². The lowest BCUT2D eigenvalue weighted by Crippen LogP contribution is -2.44. The molecule has 234 valence electrons. The van der Waals surface area contributed by atoms with Crippen molar-refractivity contribution in [2.75, 3.05) is 55.3 Å². The molecule has 0 bridgehead atoms. The van der Waals surface area contributed by atoms with Crippen LogP contribution in [0.1, 0.15) is 36.7 Å². The zero-order chi connectivity index (χ0) is 31.7. The van der Waals surface area contributed by atoms with Gasteiger partial charge in [-0.1, -0.05) is 24.3 Å². The van der Waals surface area contributed by atoms with Gasteiger partial charge in [-0.25, -0.2) is 18.4 Å². The molecule has 0 radical (unpaired) electrons. The molecular weight excluding hydrogens is 572 g/mol. The number of urea groups is 1. The second kappa shape index (κ2) is 14.8. The van der Waals surface area contributed by atoms with Gasteiger partial charge in [0, 0.05) is 50.0 Å². The number of morpholine rings is 1. The molecule has 1 aliphatic rings. The molecular formula is C32H37F2N5O5. The third-order valence-electron chi connectivity index (χ3n) is 6.65. The van der Waals surface area contributed by atoms with E-state index in [1.807, 2.05) is 0 Å². The summed E-state index contributed by atoms with van der Waals surface area (Å²) in [4.78, 5) is 42.3. The second-order valence-electron chi connectivity index (χ2n) is 11.3. The summed E-state index contributed by atoms with van der Waals surface area (Å²) in [6.45, 7) is 9.19. The summed E-state index contributed by atoms with van der Waals surface area (Å²) in [6.07, 6.45) is -0.643. The first-order valence-electron chi connectivity index (χ1n) is 14.3. The number of ether oxygens (including phenoxy) is 2. The lowest BCUT2D eigenvalue weighted by molar-refractivity contribution is 0.0349. The summed E-state index contributed by atoms with van der Waals surface area (Å²) in [7, 11) is 0. The van der Waals surface area contributed by atoms with Crippen LogP contribution in [0.2, 0.25) is 0 Å². The average Bonchev–Trinajstić information content (AvgIpc) is 2.98. The van der Waals surface area contributed by atoms with Gasteiger partial charge >= 0.3 is 12.1 Å². The molecule has 0 aliphatic carbocycles. The lowest BCUT2D eigenvalue weighted by Gasteiger charge is -2.30. The van der Waals surface area contributed by atoms with Crippen LogP contribution in [-0.4, -0.2) is 72.8 Å². The topological polar surface area (TPSA) is 112 Å². The maximum Gasteiger partial charge on any atom is 0.412 e. The van der Waals surface area contributed by atoms with E-state index in [4.69, 9.17) is 9.47 Å². The molecule has 0 atom stereocenters. The summed E-state index contributed by atoms with van der Waals surface area (Å²) in [5.41, 5.74) is 1.37. The molecule has 3 N–H and O–H groups in total. The van der Waals surface area contributed by atoms with E-state index >= 15 is 0 Å². The van der Waals surface area contributed by atoms with Gasteiger partial charge < -0.3 is 25.0 Å². The Kier molecular flexibility index (Phi) is 10.9. The Morgan fingerprint density at radius 2 is 1.55 bits per heavy atom. The molecule has 10 nitrogen and oxygen atoms in total. The van der Waals surface area contributed by atoms with Gasteiger partial charge in [-0.15, -0.1) is 0 Å². The van der Waals surface area contributed by atoms with Gasteiger partial charge in [0.15, 0.2) is 11.6 Å². The van der Waals surface area contributed by atoms with E-state index in [1.165, 1.54) is 6.07 Å². The van der Waals surface area contributed by atoms with Gasteiger partial charge in [0.05, 0.1) is 24.6 Å². The summed E-state index contributed by atoms with van der Waals surface area (Å²) < 4.78 is 37.8. The first-order valence-corrected chi connectivity index (χ1v) is 14.3. The van der Waals surface area contributed by atoms with E-state index in [2.05, 4.69) is 20.9 Å². The minimum atomic E-state index is -1.06. The number of benzene rings is 3. The van der Waals surface area contributed by atoms with Crippen molar-refractivity contribution >= 4 is 35.1 Å². The standard InChI is InChI=1S/C32H37F2N5O5/c1-32(2,3)44-31(42)37-28-7-5-4-6-27(28)36-29(40)23-10-8-22(9-11-23)21-39(15-14-38-16-18-43-19-17-38)30(41)35-24-12-13-25(33)26(34)20-24/h4-13,20H,14-19,21H2,1-3H3,(H,35,41)(H,36,40)(H,37,42). The molecule has 0 spiro atoms. The summed E-state index contributed by atoms with van der Waals surface area (Å²) >= 11 is 0. The predicted octanol–water partition coefficient (Wildman–Crippen LogP) is 5.93. The maximum absolute atomic E-state index is 13.7. The van der Waals surface area contributed by atoms with E-state index in [0.29, 0.717) is 43.2 Å². The monoisotopic (exact) mass is 609 g/mol. The largest absolute Gasteiger partial charge is 0.444 e. The third-order valence-corrected chi connectivity index (χ3v) is 6.65. The number of nitrogens with one attached hydrogen (secondary N) is 3. The van der Waals surface area contributed by atoms with Crippen molar-refractivity contribution in [3.05, 3.63) is 89.5 Å². The molecule has 1 aliphatic heterocycles. The number of amides is 4. The highest BCUT2D eigenvalue weighted by Gasteiger charge is 2.20. The highest BCUT2D eigenvalue weighted by Crippen LogP contribution is 2.23. The van der Waals surface area contributed by atoms with Crippen molar-refractivity contribution in [2.45, 2.75) is 32.9 Å². The number of nitrogens with zero attached hydrogens (tertiary/aromatic N) is 2. The van der Waals surface area contributed by atoms with Crippen molar-refractivity contribution in [1.82, 2.24) is 9.80 Å². The van der Waals surface area contributed by atoms with E-state index in [0.717, 1.165) is 30.8 Å². The Hall–Kier alpha value is -4.55. The number of carbonyl (C=O) groups is 3. The lowest BCUT2D eigenvalue weighted by atomic mass is 10.1. The first kappa shape index (κ1) is 32.4. The fourth-order valence-corrected chi connectivity index (χ4v) is 4.41. The van der Waals surface area contributed by atoms with Crippen molar-refractivity contribution in [3.63, 3.8) is 0 Å². The van der Waals surface area contributed by atoms with Crippen molar-refractivity contribution < 1.29 is 32.6 Å². The molecule has 1 saturated heterocycles. The number of para-hydroxylation sites is 2. The molecule has 1 heterocycles. The van der Waals surface area contributed by atoms with Crippen LogP contribution in [0.25, 0.3) is 0 Å². The van der Waals surface area contributed by atoms with Crippen molar-refractivity contribution in [3.8, 4) is 0 Å². The highest BCUT2D eigenvalue weighted by atomic mass is 19.2. The first-order chi connectivity index (χ1) is 21.0. The van der Waals surface area contributed by atoms with E-state index in [-0.39, 0.29) is 12.2 Å². The minimum absolute atomic E-state index is 0.138. The summed E-state index contributed by atoms with van der Waals surface area (Å²) in [5.74, 6) is -2.45. The molecule has 0 saturated carbocycles. The Labute approximate surface area is 255 Å². The van der Waals surface area contributed by atoms with Crippen LogP contribution in [0.5, 0.6) is 0 Å². The van der Waals surface area contributed by atoms with Crippen LogP contribution in [0.15, 0.2) is 66.7 Å². The van der Waals surface area contributed by atoms with Gasteiger partial charge in [0.25, 0.3) is 5.91 Å². The van der Waals surface area contributed by atoms with Gasteiger partial charge in [0.1, 0.15) is 5.60 Å². The second-order valence-corrected chi connectivity index (χ2v) is 11.3. The minimum Gasteiger partial charge on any atom is -0.444 e. The van der Waals surface area contributed by atoms with Crippen LogP contribution in [0.3, 0.4) is 0 Å². The highest BCUT2D eigenvalue weighted by molar-refractivity contribution is 6.06. The van der Waals surface area contributed by atoms with Crippen molar-refractivity contribution in [2.24, 2.45) is 0 Å². The van der Waals surface area contributed by atoms with E-state index < -0.39 is 35.3 Å². The van der Waals surface area contributed by atoms with Crippen LogP contribution in [0, 0.1) is 11.6 Å². The maximum atomic E-state index is 13.7. The number of hydrogen-bond acceptors (Lipinski definition) is 6. The summed E-state index contributed by atoms with van der Waals surface area (Å²) in [5, 5.41) is 8.10. The van der Waals surface area contributed by atoms with E-state index in [1.54, 1.807) is 74.2 Å². The van der Waals surface area contributed by atoms with Gasteiger partial charge in [-0.2, -0.15) is 0 Å². The normalized spacial score (nSPS) is 13.6. The number of halogens is 2. The molecule has 0 unspecified atom stereocenters. The van der Waals surface area contributed by atoms with Crippen LogP contribution >= 0.6 is 0 Å². The average molecular weight is 610 g/mol. The predicted molar refractivity (Wildman–Crippen MR) is 164 cm³/mol. The Morgan fingerprint density at radius 3 is 2.18 bits per heavy atom. The fraction of sp³-hybridized carbons (Fsp3) is 0.344. The Balaban J connectivity index is 1.42. The number of carbonyl (C=O) groups excluding carboxylic acids is 3. The Morgan fingerprint density at radius 1 is 0.886 bits per heavy atom. The molecule has 0 aromatic heterocycles. The molecule has 1 fully saturated rings. The van der Waals surface area contributed by atoms with Gasteiger partial charge in [-0.3, -0.25) is 15.0 Å². The quantitative estimate of drug-likeness (QED) is 0.277. The molecule has 4 amide bonds. The zero-order valence-corrected chi connectivity index (χ0v) is 25.0. The smallest absolute Gasteiger partial charge is 0.412 e.